The monoisotopic (exact) mass is 220 g/mol. The Morgan fingerprint density at radius 1 is 1.44 bits per heavy atom. The van der Waals surface area contributed by atoms with Crippen molar-refractivity contribution in [2.75, 3.05) is 13.1 Å². The molecule has 1 saturated heterocycles. The lowest BCUT2D eigenvalue weighted by molar-refractivity contribution is -0.137. The van der Waals surface area contributed by atoms with E-state index in [0.29, 0.717) is 11.3 Å². The first-order valence-electron chi connectivity index (χ1n) is 5.51. The van der Waals surface area contributed by atoms with Crippen LogP contribution < -0.4 is 0 Å². The van der Waals surface area contributed by atoms with Gasteiger partial charge in [0.05, 0.1) is 6.20 Å². The number of halogens is 1. The minimum atomic E-state index is -0.262. The molecule has 2 fully saturated rings. The van der Waals surface area contributed by atoms with E-state index >= 15 is 0 Å². The van der Waals surface area contributed by atoms with Gasteiger partial charge in [0.2, 0.25) is 6.41 Å². The second-order valence-electron chi connectivity index (χ2n) is 5.05. The Morgan fingerprint density at radius 3 is 2.81 bits per heavy atom. The fourth-order valence-corrected chi connectivity index (χ4v) is 3.02. The number of carbonyl (C=O) groups is 1. The van der Waals surface area contributed by atoms with Crippen LogP contribution in [-0.2, 0) is 4.79 Å². The molecule has 16 heavy (non-hydrogen) atoms. The second kappa shape index (κ2) is 3.27. The summed E-state index contributed by atoms with van der Waals surface area (Å²) < 4.78 is 13.0. The van der Waals surface area contributed by atoms with E-state index in [9.17, 15) is 9.18 Å². The van der Waals surface area contributed by atoms with Gasteiger partial charge in [0.1, 0.15) is 5.82 Å². The molecule has 1 saturated carbocycles. The summed E-state index contributed by atoms with van der Waals surface area (Å²) in [5, 5.41) is 0. The lowest BCUT2D eigenvalue weighted by atomic mass is 9.56. The lowest BCUT2D eigenvalue weighted by Crippen LogP contribution is -2.60. The largest absolute Gasteiger partial charge is 0.344 e. The molecule has 1 aliphatic carbocycles. The Kier molecular flexibility index (Phi) is 1.99. The highest BCUT2D eigenvalue weighted by Crippen LogP contribution is 2.55. The van der Waals surface area contributed by atoms with Crippen molar-refractivity contribution in [1.82, 2.24) is 9.88 Å². The number of pyridine rings is 1. The van der Waals surface area contributed by atoms with Crippen molar-refractivity contribution in [3.05, 3.63) is 29.8 Å². The Bertz CT molecular complexity index is 421. The SMILES string of the molecule is O=CN1CC2(CC(c3cncc(F)c3)C2)C1. The predicted octanol–water partition coefficient (Wildman–Crippen LogP) is 1.56. The van der Waals surface area contributed by atoms with E-state index in [2.05, 4.69) is 4.98 Å². The molecule has 0 unspecified atom stereocenters. The zero-order valence-corrected chi connectivity index (χ0v) is 8.90. The van der Waals surface area contributed by atoms with Crippen molar-refractivity contribution in [3.8, 4) is 0 Å². The van der Waals surface area contributed by atoms with Crippen LogP contribution in [0.5, 0.6) is 0 Å². The summed E-state index contributed by atoms with van der Waals surface area (Å²) in [4.78, 5) is 16.1. The van der Waals surface area contributed by atoms with Crippen molar-refractivity contribution in [2.24, 2.45) is 5.41 Å². The van der Waals surface area contributed by atoms with Crippen LogP contribution in [0, 0.1) is 11.2 Å². The minimum Gasteiger partial charge on any atom is -0.344 e. The molecule has 3 rings (SSSR count). The van der Waals surface area contributed by atoms with Gasteiger partial charge in [-0.3, -0.25) is 9.78 Å². The molecule has 0 radical (unpaired) electrons. The van der Waals surface area contributed by atoms with E-state index in [1.807, 2.05) is 0 Å². The number of rotatable bonds is 2. The fraction of sp³-hybridized carbons (Fsp3) is 0.500. The summed E-state index contributed by atoms with van der Waals surface area (Å²) in [6.45, 7) is 1.74. The van der Waals surface area contributed by atoms with Gasteiger partial charge in [0.15, 0.2) is 0 Å². The van der Waals surface area contributed by atoms with Crippen molar-refractivity contribution >= 4 is 6.41 Å². The third kappa shape index (κ3) is 1.40. The van der Waals surface area contributed by atoms with Gasteiger partial charge in [-0.05, 0) is 30.4 Å². The minimum absolute atomic E-state index is 0.262. The van der Waals surface area contributed by atoms with Crippen molar-refractivity contribution in [2.45, 2.75) is 18.8 Å². The van der Waals surface area contributed by atoms with E-state index in [-0.39, 0.29) is 5.82 Å². The number of nitrogens with zero attached hydrogens (tertiary/aromatic N) is 2. The van der Waals surface area contributed by atoms with E-state index < -0.39 is 0 Å². The van der Waals surface area contributed by atoms with Gasteiger partial charge in [-0.15, -0.1) is 0 Å². The second-order valence-corrected chi connectivity index (χ2v) is 5.05. The topological polar surface area (TPSA) is 33.2 Å². The molecular weight excluding hydrogens is 207 g/mol. The van der Waals surface area contributed by atoms with Crippen LogP contribution in [-0.4, -0.2) is 29.4 Å². The van der Waals surface area contributed by atoms with E-state index in [4.69, 9.17) is 0 Å². The van der Waals surface area contributed by atoms with Crippen LogP contribution in [0.1, 0.15) is 24.3 Å². The third-order valence-corrected chi connectivity index (χ3v) is 3.78. The van der Waals surface area contributed by atoms with E-state index in [1.165, 1.54) is 6.20 Å². The number of aromatic nitrogens is 1. The van der Waals surface area contributed by atoms with Crippen molar-refractivity contribution in [3.63, 3.8) is 0 Å². The summed E-state index contributed by atoms with van der Waals surface area (Å²) in [5.74, 6) is 0.165. The molecule has 0 N–H and O–H groups in total. The van der Waals surface area contributed by atoms with Gasteiger partial charge >= 0.3 is 0 Å². The highest BCUT2D eigenvalue weighted by Gasteiger charge is 2.52. The Balaban J connectivity index is 1.64. The normalized spacial score (nSPS) is 22.7. The fourth-order valence-electron chi connectivity index (χ4n) is 3.02. The molecule has 1 spiro atoms. The molecule has 1 aromatic heterocycles. The van der Waals surface area contributed by atoms with E-state index in [0.717, 1.165) is 37.9 Å². The lowest BCUT2D eigenvalue weighted by Gasteiger charge is -2.58. The highest BCUT2D eigenvalue weighted by molar-refractivity contribution is 5.50. The average Bonchev–Trinajstić information content (AvgIpc) is 2.14. The molecule has 0 atom stereocenters. The van der Waals surface area contributed by atoms with Crippen molar-refractivity contribution < 1.29 is 9.18 Å². The molecule has 1 amide bonds. The number of likely N-dealkylation sites (tertiary alicyclic amines) is 1. The Morgan fingerprint density at radius 2 is 2.19 bits per heavy atom. The molecule has 1 aromatic rings. The Hall–Kier alpha value is -1.45. The molecule has 2 aliphatic rings. The maximum atomic E-state index is 13.0. The summed E-state index contributed by atoms with van der Waals surface area (Å²) in [7, 11) is 0. The van der Waals surface area contributed by atoms with E-state index in [1.54, 1.807) is 17.2 Å². The van der Waals surface area contributed by atoms with Gasteiger partial charge in [0.25, 0.3) is 0 Å². The van der Waals surface area contributed by atoms with Gasteiger partial charge in [0, 0.05) is 24.7 Å². The summed E-state index contributed by atoms with van der Waals surface area (Å²) in [5.41, 5.74) is 1.33. The van der Waals surface area contributed by atoms with Gasteiger partial charge in [-0.25, -0.2) is 4.39 Å². The smallest absolute Gasteiger partial charge is 0.209 e. The first kappa shape index (κ1) is 9.75. The zero-order chi connectivity index (χ0) is 11.2. The Labute approximate surface area is 93.3 Å². The maximum absolute atomic E-state index is 13.0. The molecule has 1 aliphatic heterocycles. The number of hydrogen-bond acceptors (Lipinski definition) is 2. The van der Waals surface area contributed by atoms with Gasteiger partial charge < -0.3 is 4.90 Å². The van der Waals surface area contributed by atoms with Gasteiger partial charge in [-0.2, -0.15) is 0 Å². The molecule has 4 heteroatoms. The maximum Gasteiger partial charge on any atom is 0.209 e. The summed E-state index contributed by atoms with van der Waals surface area (Å²) in [6.07, 6.45) is 6.00. The van der Waals surface area contributed by atoms with Crippen LogP contribution in [0.2, 0.25) is 0 Å². The highest BCUT2D eigenvalue weighted by atomic mass is 19.1. The number of carbonyl (C=O) groups excluding carboxylic acids is 1. The number of hydrogen-bond donors (Lipinski definition) is 0. The quantitative estimate of drug-likeness (QED) is 0.708. The number of amides is 1. The summed E-state index contributed by atoms with van der Waals surface area (Å²) in [6, 6.07) is 1.57. The molecule has 3 nitrogen and oxygen atoms in total. The average molecular weight is 220 g/mol. The van der Waals surface area contributed by atoms with Crippen LogP contribution in [0.25, 0.3) is 0 Å². The molecule has 84 valence electrons. The van der Waals surface area contributed by atoms with Crippen LogP contribution >= 0.6 is 0 Å². The molecule has 0 bridgehead atoms. The first-order chi connectivity index (χ1) is 7.71. The third-order valence-electron chi connectivity index (χ3n) is 3.78. The molecule has 2 heterocycles. The van der Waals surface area contributed by atoms with Crippen LogP contribution in [0.4, 0.5) is 4.39 Å². The van der Waals surface area contributed by atoms with Crippen molar-refractivity contribution in [1.29, 1.82) is 0 Å². The molecular formula is C12H13FN2O. The predicted molar refractivity (Wildman–Crippen MR) is 56.2 cm³/mol. The first-order valence-corrected chi connectivity index (χ1v) is 5.51. The standard InChI is InChI=1S/C12H13FN2O/c13-11-1-9(4-14-5-11)10-2-12(3-10)6-15(7-12)8-16/h1,4-5,8,10H,2-3,6-7H2. The van der Waals surface area contributed by atoms with Crippen LogP contribution in [0.15, 0.2) is 18.5 Å². The van der Waals surface area contributed by atoms with Crippen LogP contribution in [0.3, 0.4) is 0 Å². The summed E-state index contributed by atoms with van der Waals surface area (Å²) >= 11 is 0. The van der Waals surface area contributed by atoms with Gasteiger partial charge in [-0.1, -0.05) is 0 Å². The zero-order valence-electron chi connectivity index (χ0n) is 8.90. The molecule has 0 aromatic carbocycles.